The van der Waals surface area contributed by atoms with E-state index in [1.54, 1.807) is 42.7 Å². The Morgan fingerprint density at radius 1 is 1.28 bits per heavy atom. The molecule has 2 aromatic heterocycles. The van der Waals surface area contributed by atoms with E-state index in [1.807, 2.05) is 6.07 Å². The van der Waals surface area contributed by atoms with Gasteiger partial charge in [-0.2, -0.15) is 0 Å². The molecular weight excluding hydrogens is 450 g/mol. The lowest BCUT2D eigenvalue weighted by atomic mass is 10.2. The fraction of sp³-hybridized carbons (Fsp3) is 0.478. The minimum absolute atomic E-state index is 0.128. The average Bonchev–Trinajstić information content (AvgIpc) is 3.19. The highest BCUT2D eigenvalue weighted by molar-refractivity contribution is 7.18. The first-order chi connectivity index (χ1) is 15.4. The van der Waals surface area contributed by atoms with Crippen molar-refractivity contribution in [3.8, 4) is 5.75 Å². The Balaban J connectivity index is 1.67. The second kappa shape index (κ2) is 11.8. The summed E-state index contributed by atoms with van der Waals surface area (Å²) in [4.78, 5) is 24.1. The molecule has 2 N–H and O–H groups in total. The molecule has 0 bridgehead atoms. The number of hydrogen-bond acceptors (Lipinski definition) is 7. The van der Waals surface area contributed by atoms with E-state index in [0.29, 0.717) is 54.1 Å². The van der Waals surface area contributed by atoms with Gasteiger partial charge in [-0.05, 0) is 42.7 Å². The Kier molecular flexibility index (Phi) is 9.07. The van der Waals surface area contributed by atoms with Crippen LogP contribution in [0.1, 0.15) is 36.9 Å². The normalized spacial score (nSPS) is 12.7. The molecule has 7 nitrogen and oxygen atoms in total. The monoisotopic (exact) mass is 479 g/mol. The average molecular weight is 480 g/mol. The number of ether oxygens (including phenoxy) is 2. The number of rotatable bonds is 12. The van der Waals surface area contributed by atoms with Gasteiger partial charge in [0, 0.05) is 36.7 Å². The molecule has 0 spiro atoms. The molecule has 3 aromatic rings. The van der Waals surface area contributed by atoms with Crippen LogP contribution in [0.15, 0.2) is 35.1 Å². The zero-order chi connectivity index (χ0) is 23.1. The maximum absolute atomic E-state index is 12.6. The van der Waals surface area contributed by atoms with Gasteiger partial charge >= 0.3 is 0 Å². The van der Waals surface area contributed by atoms with E-state index in [2.05, 4.69) is 28.7 Å². The van der Waals surface area contributed by atoms with Gasteiger partial charge in [0.2, 0.25) is 0 Å². The fourth-order valence-corrected chi connectivity index (χ4v) is 4.49. The molecule has 0 aliphatic carbocycles. The van der Waals surface area contributed by atoms with Crippen molar-refractivity contribution in [2.45, 2.75) is 38.8 Å². The summed E-state index contributed by atoms with van der Waals surface area (Å²) in [5.41, 5.74) is -0.128. The summed E-state index contributed by atoms with van der Waals surface area (Å²) in [6.45, 7) is 6.45. The first-order valence-electron chi connectivity index (χ1n) is 10.7. The summed E-state index contributed by atoms with van der Waals surface area (Å²) >= 11 is 7.45. The highest BCUT2D eigenvalue weighted by atomic mass is 35.5. The van der Waals surface area contributed by atoms with Crippen LogP contribution in [0.2, 0.25) is 5.02 Å². The summed E-state index contributed by atoms with van der Waals surface area (Å²) < 4.78 is 10.8. The number of nitrogens with zero attached hydrogens (tertiary/aromatic N) is 2. The van der Waals surface area contributed by atoms with Crippen molar-refractivity contribution in [2.75, 3.05) is 33.4 Å². The number of nitrogens with one attached hydrogen (secondary N) is 1. The molecule has 0 saturated heterocycles. The first kappa shape index (κ1) is 24.7. The fourth-order valence-electron chi connectivity index (χ4n) is 3.31. The standard InChI is InChI=1S/C23H30ClN3O4S/c1-15(2)20-11-19-22(29)25-21(26-23(19)32-20)13-27(9-4-10-30-3)12-17(28)14-31-18-7-5-16(24)6-8-18/h5-8,11,15,17,28H,4,9-10,12-14H2,1-3H3,(H,25,26,29). The van der Waals surface area contributed by atoms with Crippen molar-refractivity contribution >= 4 is 33.2 Å². The number of halogens is 1. The Hall–Kier alpha value is -1.97. The van der Waals surface area contributed by atoms with Crippen LogP contribution >= 0.6 is 22.9 Å². The van der Waals surface area contributed by atoms with Gasteiger partial charge < -0.3 is 19.6 Å². The molecule has 0 amide bonds. The second-order valence-corrected chi connectivity index (χ2v) is 9.53. The van der Waals surface area contributed by atoms with Crippen molar-refractivity contribution in [2.24, 2.45) is 0 Å². The van der Waals surface area contributed by atoms with Gasteiger partial charge in [0.1, 0.15) is 29.1 Å². The van der Waals surface area contributed by atoms with E-state index in [0.717, 1.165) is 16.1 Å². The Bertz CT molecular complexity index is 1050. The van der Waals surface area contributed by atoms with Crippen molar-refractivity contribution in [1.82, 2.24) is 14.9 Å². The quantitative estimate of drug-likeness (QED) is 0.381. The summed E-state index contributed by atoms with van der Waals surface area (Å²) in [6.07, 6.45) is 0.0856. The highest BCUT2D eigenvalue weighted by Gasteiger charge is 2.16. The number of aliphatic hydroxyl groups excluding tert-OH is 1. The molecule has 1 atom stereocenters. The van der Waals surface area contributed by atoms with Gasteiger partial charge in [0.05, 0.1) is 11.9 Å². The number of methoxy groups -OCH3 is 1. The lowest BCUT2D eigenvalue weighted by molar-refractivity contribution is 0.0609. The maximum Gasteiger partial charge on any atom is 0.259 e. The summed E-state index contributed by atoms with van der Waals surface area (Å²) in [7, 11) is 1.66. The van der Waals surface area contributed by atoms with Gasteiger partial charge in [-0.1, -0.05) is 25.4 Å². The molecule has 0 fully saturated rings. The maximum atomic E-state index is 12.6. The Labute approximate surface area is 197 Å². The predicted molar refractivity (Wildman–Crippen MR) is 129 cm³/mol. The van der Waals surface area contributed by atoms with Gasteiger partial charge in [-0.3, -0.25) is 9.69 Å². The van der Waals surface area contributed by atoms with E-state index in [9.17, 15) is 9.90 Å². The third kappa shape index (κ3) is 7.02. The van der Waals surface area contributed by atoms with E-state index in [-0.39, 0.29) is 12.2 Å². The molecule has 0 aliphatic rings. The number of aromatic amines is 1. The van der Waals surface area contributed by atoms with Crippen LogP contribution in [0.4, 0.5) is 0 Å². The predicted octanol–water partition coefficient (Wildman–Crippen LogP) is 4.04. The molecule has 0 saturated carbocycles. The van der Waals surface area contributed by atoms with Crippen molar-refractivity contribution in [3.63, 3.8) is 0 Å². The number of H-pyrrole nitrogens is 1. The van der Waals surface area contributed by atoms with Crippen molar-refractivity contribution in [1.29, 1.82) is 0 Å². The highest BCUT2D eigenvalue weighted by Crippen LogP contribution is 2.27. The Morgan fingerprint density at radius 3 is 2.72 bits per heavy atom. The van der Waals surface area contributed by atoms with Crippen LogP contribution in [0.5, 0.6) is 5.75 Å². The van der Waals surface area contributed by atoms with Gasteiger partial charge in [0.15, 0.2) is 0 Å². The minimum Gasteiger partial charge on any atom is -0.491 e. The number of aromatic nitrogens is 2. The smallest absolute Gasteiger partial charge is 0.259 e. The van der Waals surface area contributed by atoms with Crippen molar-refractivity contribution in [3.05, 3.63) is 56.4 Å². The van der Waals surface area contributed by atoms with Gasteiger partial charge in [-0.15, -0.1) is 11.3 Å². The lowest BCUT2D eigenvalue weighted by Gasteiger charge is -2.24. The molecule has 1 unspecified atom stereocenters. The summed E-state index contributed by atoms with van der Waals surface area (Å²) in [5, 5.41) is 11.8. The van der Waals surface area contributed by atoms with Crippen LogP contribution in [0, 0.1) is 0 Å². The largest absolute Gasteiger partial charge is 0.491 e. The van der Waals surface area contributed by atoms with Crippen LogP contribution in [0.3, 0.4) is 0 Å². The molecule has 0 aliphatic heterocycles. The van der Waals surface area contributed by atoms with Crippen LogP contribution in [0.25, 0.3) is 10.2 Å². The number of benzene rings is 1. The number of thiophene rings is 1. The van der Waals surface area contributed by atoms with E-state index in [1.165, 1.54) is 0 Å². The SMILES string of the molecule is COCCCN(Cc1nc2sc(C(C)C)cc2c(=O)[nH]1)CC(O)COc1ccc(Cl)cc1. The Morgan fingerprint density at radius 2 is 2.03 bits per heavy atom. The zero-order valence-electron chi connectivity index (χ0n) is 18.6. The van der Waals surface area contributed by atoms with E-state index in [4.69, 9.17) is 21.1 Å². The molecular formula is C23H30ClN3O4S. The van der Waals surface area contributed by atoms with Crippen molar-refractivity contribution < 1.29 is 14.6 Å². The first-order valence-corrected chi connectivity index (χ1v) is 11.9. The lowest BCUT2D eigenvalue weighted by Crippen LogP contribution is -2.37. The molecule has 9 heteroatoms. The molecule has 0 radical (unpaired) electrons. The number of fused-ring (bicyclic) bond motifs is 1. The topological polar surface area (TPSA) is 87.7 Å². The second-order valence-electron chi connectivity index (χ2n) is 8.04. The van der Waals surface area contributed by atoms with Gasteiger partial charge in [0.25, 0.3) is 5.56 Å². The third-order valence-corrected chi connectivity index (χ3v) is 6.54. The molecule has 1 aromatic carbocycles. The summed E-state index contributed by atoms with van der Waals surface area (Å²) in [5.74, 6) is 1.58. The molecule has 3 rings (SSSR count). The molecule has 32 heavy (non-hydrogen) atoms. The summed E-state index contributed by atoms with van der Waals surface area (Å²) in [6, 6.07) is 8.94. The number of hydrogen-bond donors (Lipinski definition) is 2. The van der Waals surface area contributed by atoms with Gasteiger partial charge in [-0.25, -0.2) is 4.98 Å². The molecule has 174 valence electrons. The number of aliphatic hydroxyl groups is 1. The minimum atomic E-state index is -0.710. The van der Waals surface area contributed by atoms with Crippen LogP contribution < -0.4 is 10.3 Å². The van der Waals surface area contributed by atoms with Crippen LogP contribution in [-0.4, -0.2) is 59.5 Å². The molecule has 2 heterocycles. The van der Waals surface area contributed by atoms with E-state index < -0.39 is 6.10 Å². The van der Waals surface area contributed by atoms with Crippen LogP contribution in [-0.2, 0) is 11.3 Å². The third-order valence-electron chi connectivity index (χ3n) is 4.96. The zero-order valence-corrected chi connectivity index (χ0v) is 20.2. The van der Waals surface area contributed by atoms with E-state index >= 15 is 0 Å².